The van der Waals surface area contributed by atoms with Crippen molar-refractivity contribution >= 4 is 18.0 Å². The van der Waals surface area contributed by atoms with Crippen molar-refractivity contribution < 1.29 is 28.8 Å². The zero-order valence-corrected chi connectivity index (χ0v) is 18.6. The van der Waals surface area contributed by atoms with Gasteiger partial charge in [-0.3, -0.25) is 9.59 Å². The van der Waals surface area contributed by atoms with Gasteiger partial charge in [0.05, 0.1) is 6.54 Å². The summed E-state index contributed by atoms with van der Waals surface area (Å²) in [6.07, 6.45) is -0.350. The first kappa shape index (κ1) is 23.0. The SMILES string of the molecule is CC(CCC(=O)O)NC(=O)c1cc(CNC(=O)OCC2c3ccccc3-c3ccccc32)on1. The molecule has 4 rings (SSSR count). The highest BCUT2D eigenvalue weighted by Crippen LogP contribution is 2.44. The Labute approximate surface area is 196 Å². The van der Waals surface area contributed by atoms with Crippen LogP contribution in [0.25, 0.3) is 11.1 Å². The van der Waals surface area contributed by atoms with E-state index in [-0.39, 0.29) is 43.0 Å². The van der Waals surface area contributed by atoms with Gasteiger partial charge in [-0.05, 0) is 35.6 Å². The number of carboxylic acid groups (broad SMARTS) is 1. The molecule has 176 valence electrons. The first-order valence-corrected chi connectivity index (χ1v) is 11.0. The highest BCUT2D eigenvalue weighted by atomic mass is 16.5. The zero-order valence-electron chi connectivity index (χ0n) is 18.6. The molecule has 0 aliphatic heterocycles. The third-order valence-electron chi connectivity index (χ3n) is 5.71. The monoisotopic (exact) mass is 463 g/mol. The summed E-state index contributed by atoms with van der Waals surface area (Å²) >= 11 is 0. The smallest absolute Gasteiger partial charge is 0.407 e. The van der Waals surface area contributed by atoms with Crippen molar-refractivity contribution in [1.82, 2.24) is 15.8 Å². The maximum Gasteiger partial charge on any atom is 0.407 e. The van der Waals surface area contributed by atoms with Crippen molar-refractivity contribution in [2.75, 3.05) is 6.61 Å². The fourth-order valence-corrected chi connectivity index (χ4v) is 4.02. The van der Waals surface area contributed by atoms with E-state index >= 15 is 0 Å². The molecule has 0 radical (unpaired) electrons. The van der Waals surface area contributed by atoms with Crippen LogP contribution in [0.3, 0.4) is 0 Å². The normalized spacial score (nSPS) is 13.0. The summed E-state index contributed by atoms with van der Waals surface area (Å²) in [5.74, 6) is -1.16. The van der Waals surface area contributed by atoms with Crippen LogP contribution in [0, 0.1) is 0 Å². The predicted octanol–water partition coefficient (Wildman–Crippen LogP) is 3.70. The number of aliphatic carboxylic acids is 1. The third kappa shape index (κ3) is 5.25. The summed E-state index contributed by atoms with van der Waals surface area (Å²) < 4.78 is 10.6. The number of hydrogen-bond acceptors (Lipinski definition) is 6. The van der Waals surface area contributed by atoms with E-state index in [1.54, 1.807) is 6.92 Å². The largest absolute Gasteiger partial charge is 0.481 e. The fraction of sp³-hybridized carbons (Fsp3) is 0.280. The van der Waals surface area contributed by atoms with Crippen molar-refractivity contribution in [1.29, 1.82) is 0 Å². The Hall–Kier alpha value is -4.14. The van der Waals surface area contributed by atoms with E-state index in [2.05, 4.69) is 27.9 Å². The van der Waals surface area contributed by atoms with Crippen molar-refractivity contribution in [2.24, 2.45) is 0 Å². The number of nitrogens with zero attached hydrogens (tertiary/aromatic N) is 1. The Morgan fingerprint density at radius 3 is 2.38 bits per heavy atom. The Balaban J connectivity index is 1.27. The number of rotatable bonds is 9. The molecule has 9 heteroatoms. The van der Waals surface area contributed by atoms with Gasteiger partial charge in [-0.15, -0.1) is 0 Å². The molecule has 1 heterocycles. The van der Waals surface area contributed by atoms with Gasteiger partial charge < -0.3 is 25.0 Å². The van der Waals surface area contributed by atoms with Crippen molar-refractivity contribution in [2.45, 2.75) is 38.3 Å². The molecule has 1 atom stereocenters. The lowest BCUT2D eigenvalue weighted by atomic mass is 9.98. The second kappa shape index (κ2) is 10.2. The Morgan fingerprint density at radius 1 is 1.09 bits per heavy atom. The molecule has 1 aliphatic carbocycles. The molecule has 0 saturated heterocycles. The summed E-state index contributed by atoms with van der Waals surface area (Å²) in [5, 5.41) is 17.7. The third-order valence-corrected chi connectivity index (χ3v) is 5.71. The summed E-state index contributed by atoms with van der Waals surface area (Å²) in [5.41, 5.74) is 4.60. The number of carbonyl (C=O) groups is 3. The highest BCUT2D eigenvalue weighted by Gasteiger charge is 2.29. The van der Waals surface area contributed by atoms with Crippen LogP contribution in [0.5, 0.6) is 0 Å². The summed E-state index contributed by atoms with van der Waals surface area (Å²) in [7, 11) is 0. The van der Waals surface area contributed by atoms with Gasteiger partial charge in [-0.25, -0.2) is 4.79 Å². The van der Waals surface area contributed by atoms with E-state index in [1.807, 2.05) is 36.4 Å². The number of alkyl carbamates (subject to hydrolysis) is 1. The molecule has 0 fully saturated rings. The number of amides is 2. The number of carboxylic acids is 1. The molecular weight excluding hydrogens is 438 g/mol. The average Bonchev–Trinajstić information content (AvgIpc) is 3.43. The van der Waals surface area contributed by atoms with Crippen LogP contribution >= 0.6 is 0 Å². The van der Waals surface area contributed by atoms with Gasteiger partial charge in [0.15, 0.2) is 11.5 Å². The highest BCUT2D eigenvalue weighted by molar-refractivity contribution is 5.92. The molecular formula is C25H25N3O6. The maximum atomic E-state index is 12.3. The standard InChI is InChI=1S/C25H25N3O6/c1-15(10-11-23(29)30)27-24(31)22-12-16(34-28-22)13-26-25(32)33-14-21-19-8-4-2-6-17(19)18-7-3-5-9-20(18)21/h2-9,12,15,21H,10-11,13-14H2,1H3,(H,26,32)(H,27,31)(H,29,30). The van der Waals surface area contributed by atoms with Gasteiger partial charge in [-0.2, -0.15) is 0 Å². The van der Waals surface area contributed by atoms with Gasteiger partial charge in [0.1, 0.15) is 6.61 Å². The molecule has 2 amide bonds. The molecule has 0 saturated carbocycles. The van der Waals surface area contributed by atoms with Gasteiger partial charge in [0, 0.05) is 24.4 Å². The Morgan fingerprint density at radius 2 is 1.74 bits per heavy atom. The first-order valence-electron chi connectivity index (χ1n) is 11.0. The van der Waals surface area contributed by atoms with Gasteiger partial charge >= 0.3 is 12.1 Å². The number of nitrogens with one attached hydrogen (secondary N) is 2. The summed E-state index contributed by atoms with van der Waals surface area (Å²) in [4.78, 5) is 35.1. The van der Waals surface area contributed by atoms with Gasteiger partial charge in [0.2, 0.25) is 0 Å². The van der Waals surface area contributed by atoms with Crippen molar-refractivity contribution in [3.63, 3.8) is 0 Å². The van der Waals surface area contributed by atoms with Gasteiger partial charge in [0.25, 0.3) is 5.91 Å². The molecule has 0 bridgehead atoms. The summed E-state index contributed by atoms with van der Waals surface area (Å²) in [6.45, 7) is 1.91. The van der Waals surface area contributed by atoms with Gasteiger partial charge in [-0.1, -0.05) is 53.7 Å². The number of benzene rings is 2. The van der Waals surface area contributed by atoms with Crippen LogP contribution in [-0.4, -0.2) is 40.9 Å². The molecule has 9 nitrogen and oxygen atoms in total. The minimum atomic E-state index is -0.927. The number of carbonyl (C=O) groups excluding carboxylic acids is 2. The molecule has 1 aromatic heterocycles. The molecule has 0 spiro atoms. The van der Waals surface area contributed by atoms with E-state index in [4.69, 9.17) is 14.4 Å². The van der Waals surface area contributed by atoms with Crippen molar-refractivity contribution in [3.8, 4) is 11.1 Å². The molecule has 34 heavy (non-hydrogen) atoms. The van der Waals surface area contributed by atoms with Crippen LogP contribution in [0.4, 0.5) is 4.79 Å². The van der Waals surface area contributed by atoms with Crippen LogP contribution in [0.2, 0.25) is 0 Å². The van der Waals surface area contributed by atoms with Crippen LogP contribution in [-0.2, 0) is 16.1 Å². The van der Waals surface area contributed by atoms with Crippen molar-refractivity contribution in [3.05, 3.63) is 77.2 Å². The number of hydrogen-bond donors (Lipinski definition) is 3. The molecule has 3 N–H and O–H groups in total. The molecule has 2 aromatic carbocycles. The lowest BCUT2D eigenvalue weighted by Gasteiger charge is -2.14. The van der Waals surface area contributed by atoms with E-state index in [0.29, 0.717) is 6.42 Å². The summed E-state index contributed by atoms with van der Waals surface area (Å²) in [6, 6.07) is 17.3. The second-order valence-corrected chi connectivity index (χ2v) is 8.16. The van der Waals surface area contributed by atoms with Crippen LogP contribution < -0.4 is 10.6 Å². The van der Waals surface area contributed by atoms with Crippen LogP contribution in [0.15, 0.2) is 59.1 Å². The topological polar surface area (TPSA) is 131 Å². The van der Waals surface area contributed by atoms with E-state index in [1.165, 1.54) is 6.07 Å². The average molecular weight is 463 g/mol. The zero-order chi connectivity index (χ0) is 24.1. The molecule has 3 aromatic rings. The van der Waals surface area contributed by atoms with E-state index in [0.717, 1.165) is 22.3 Å². The first-order chi connectivity index (χ1) is 16.4. The molecule has 1 aliphatic rings. The Kier molecular flexibility index (Phi) is 6.91. The molecule has 1 unspecified atom stereocenters. The minimum Gasteiger partial charge on any atom is -0.481 e. The quantitative estimate of drug-likeness (QED) is 0.441. The fourth-order valence-electron chi connectivity index (χ4n) is 4.02. The number of aromatic nitrogens is 1. The minimum absolute atomic E-state index is 0.00548. The number of ether oxygens (including phenoxy) is 1. The lowest BCUT2D eigenvalue weighted by Crippen LogP contribution is -2.33. The van der Waals surface area contributed by atoms with E-state index in [9.17, 15) is 14.4 Å². The van der Waals surface area contributed by atoms with Crippen LogP contribution in [0.1, 0.15) is 53.1 Å². The predicted molar refractivity (Wildman–Crippen MR) is 122 cm³/mol. The number of fused-ring (bicyclic) bond motifs is 3. The Bertz CT molecular complexity index is 1160. The lowest BCUT2D eigenvalue weighted by molar-refractivity contribution is -0.137. The van der Waals surface area contributed by atoms with E-state index < -0.39 is 18.0 Å². The maximum absolute atomic E-state index is 12.3. The second-order valence-electron chi connectivity index (χ2n) is 8.16.